The lowest BCUT2D eigenvalue weighted by molar-refractivity contribution is 0.284. The highest BCUT2D eigenvalue weighted by Gasteiger charge is 2.37. The van der Waals surface area contributed by atoms with E-state index in [0.717, 1.165) is 23.2 Å². The molecule has 1 aliphatic carbocycles. The van der Waals surface area contributed by atoms with Crippen LogP contribution in [-0.2, 0) is 6.61 Å². The van der Waals surface area contributed by atoms with E-state index in [1.165, 1.54) is 16.8 Å². The Hall–Kier alpha value is -4.02. The third-order valence-electron chi connectivity index (χ3n) is 7.38. The van der Waals surface area contributed by atoms with Gasteiger partial charge in [0, 0.05) is 22.8 Å². The molecule has 0 saturated carbocycles. The van der Waals surface area contributed by atoms with Crippen LogP contribution in [0.3, 0.4) is 0 Å². The highest BCUT2D eigenvalue weighted by Crippen LogP contribution is 2.49. The number of para-hydroxylation sites is 1. The normalized spacial score (nSPS) is 19.6. The minimum atomic E-state index is 0.285. The van der Waals surface area contributed by atoms with Crippen molar-refractivity contribution in [3.8, 4) is 11.5 Å². The summed E-state index contributed by atoms with van der Waals surface area (Å²) in [6, 6.07) is 31.0. The number of nitrogens with zero attached hydrogens (tertiary/aromatic N) is 1. The Morgan fingerprint density at radius 3 is 2.58 bits per heavy atom. The van der Waals surface area contributed by atoms with Crippen LogP contribution in [0.5, 0.6) is 11.5 Å². The molecule has 0 amide bonds. The summed E-state index contributed by atoms with van der Waals surface area (Å²) in [4.78, 5) is 4.71. The number of rotatable bonds is 7. The lowest BCUT2D eigenvalue weighted by atomic mass is 9.77. The zero-order chi connectivity index (χ0) is 25.9. The van der Waals surface area contributed by atoms with Crippen LogP contribution in [0.2, 0.25) is 5.02 Å². The van der Waals surface area contributed by atoms with Crippen LogP contribution in [-0.4, -0.2) is 13.3 Å². The van der Waals surface area contributed by atoms with Gasteiger partial charge in [-0.25, -0.2) is 0 Å². The molecular formula is C33H29ClN2O2. The van der Waals surface area contributed by atoms with Gasteiger partial charge in [0.05, 0.1) is 18.8 Å². The number of aliphatic imine (C=N–C) groups is 1. The molecule has 3 atom stereocenters. The van der Waals surface area contributed by atoms with Crippen LogP contribution in [0.4, 0.5) is 11.4 Å². The molecule has 0 bridgehead atoms. The van der Waals surface area contributed by atoms with Gasteiger partial charge < -0.3 is 14.8 Å². The number of ether oxygens (including phenoxy) is 2. The average Bonchev–Trinajstić information content (AvgIpc) is 3.46. The first-order chi connectivity index (χ1) is 18.7. The van der Waals surface area contributed by atoms with Crippen molar-refractivity contribution in [2.75, 3.05) is 12.4 Å². The van der Waals surface area contributed by atoms with Gasteiger partial charge in [0.25, 0.3) is 0 Å². The van der Waals surface area contributed by atoms with Crippen molar-refractivity contribution in [1.82, 2.24) is 0 Å². The van der Waals surface area contributed by atoms with Crippen LogP contribution >= 0.6 is 11.6 Å². The predicted molar refractivity (Wildman–Crippen MR) is 155 cm³/mol. The third-order valence-corrected chi connectivity index (χ3v) is 7.63. The first kappa shape index (κ1) is 24.3. The fourth-order valence-corrected chi connectivity index (χ4v) is 5.54. The lowest BCUT2D eigenvalue weighted by Gasteiger charge is -2.37. The quantitative estimate of drug-likeness (QED) is 0.196. The van der Waals surface area contributed by atoms with Gasteiger partial charge in [-0.05, 0) is 83.1 Å². The molecule has 0 radical (unpaired) electrons. The summed E-state index contributed by atoms with van der Waals surface area (Å²) in [5.74, 6) is 2.36. The molecule has 0 unspecified atom stereocenters. The van der Waals surface area contributed by atoms with Gasteiger partial charge in [-0.1, -0.05) is 66.2 Å². The minimum absolute atomic E-state index is 0.285. The summed E-state index contributed by atoms with van der Waals surface area (Å²) in [5.41, 5.74) is 6.82. The van der Waals surface area contributed by atoms with Crippen LogP contribution in [0.1, 0.15) is 40.6 Å². The molecule has 38 heavy (non-hydrogen) atoms. The van der Waals surface area contributed by atoms with E-state index in [0.29, 0.717) is 35.0 Å². The van der Waals surface area contributed by atoms with Crippen LogP contribution in [0.25, 0.3) is 0 Å². The van der Waals surface area contributed by atoms with Crippen molar-refractivity contribution >= 4 is 29.2 Å². The molecule has 2 aliphatic rings. The van der Waals surface area contributed by atoms with E-state index < -0.39 is 0 Å². The molecule has 0 aromatic heterocycles. The molecule has 1 aliphatic heterocycles. The highest BCUT2D eigenvalue weighted by atomic mass is 35.5. The summed E-state index contributed by atoms with van der Waals surface area (Å²) in [6.07, 6.45) is 7.65. The molecule has 4 nitrogen and oxygen atoms in total. The smallest absolute Gasteiger partial charge is 0.161 e. The average molecular weight is 521 g/mol. The van der Waals surface area contributed by atoms with E-state index in [-0.39, 0.29) is 6.04 Å². The maximum Gasteiger partial charge on any atom is 0.161 e. The number of halogens is 1. The Balaban J connectivity index is 1.14. The molecule has 1 heterocycles. The van der Waals surface area contributed by atoms with E-state index in [9.17, 15) is 0 Å². The first-order valence-corrected chi connectivity index (χ1v) is 13.3. The Kier molecular flexibility index (Phi) is 6.89. The molecule has 190 valence electrons. The number of benzene rings is 4. The second-order valence-corrected chi connectivity index (χ2v) is 10.2. The summed E-state index contributed by atoms with van der Waals surface area (Å²) < 4.78 is 11.5. The Morgan fingerprint density at radius 2 is 1.76 bits per heavy atom. The first-order valence-electron chi connectivity index (χ1n) is 12.9. The van der Waals surface area contributed by atoms with E-state index in [4.69, 9.17) is 26.1 Å². The Morgan fingerprint density at radius 1 is 0.947 bits per heavy atom. The minimum Gasteiger partial charge on any atom is -0.493 e. The summed E-state index contributed by atoms with van der Waals surface area (Å²) in [7, 11) is 1.65. The molecule has 0 saturated heterocycles. The second-order valence-electron chi connectivity index (χ2n) is 9.74. The van der Waals surface area contributed by atoms with Crippen molar-refractivity contribution in [3.63, 3.8) is 0 Å². The number of anilines is 1. The van der Waals surface area contributed by atoms with Crippen molar-refractivity contribution in [1.29, 1.82) is 0 Å². The Labute approximate surface area is 228 Å². The van der Waals surface area contributed by atoms with Gasteiger partial charge in [0.1, 0.15) is 6.61 Å². The molecular weight excluding hydrogens is 492 g/mol. The van der Waals surface area contributed by atoms with Gasteiger partial charge >= 0.3 is 0 Å². The standard InChI is InChI=1S/C33H29ClN2O2/c1-37-32-19-23(11-18-31(32)38-21-22-9-14-25(34)15-10-22)20-35-26-16-12-24(13-17-26)33-29-7-4-6-27(29)28-5-2-3-8-30(28)36-33/h2-6,8-20,27,29,33,36H,7,21H2,1H3/t27-,29+,33+/m1/s1. The SMILES string of the molecule is COc1cc(C=Nc2ccc([C@@H]3Nc4ccccc4[C@H]4C=CC[C@@H]43)cc2)ccc1OCc1ccc(Cl)cc1. The fourth-order valence-electron chi connectivity index (χ4n) is 5.42. The Bertz CT molecular complexity index is 1480. The maximum atomic E-state index is 5.97. The third kappa shape index (κ3) is 5.05. The van der Waals surface area contributed by atoms with E-state index in [1.807, 2.05) is 48.7 Å². The molecule has 4 aromatic carbocycles. The van der Waals surface area contributed by atoms with Gasteiger partial charge in [-0.15, -0.1) is 0 Å². The molecule has 0 fully saturated rings. The number of methoxy groups -OCH3 is 1. The second kappa shape index (κ2) is 10.8. The predicted octanol–water partition coefficient (Wildman–Crippen LogP) is 8.50. The summed E-state index contributed by atoms with van der Waals surface area (Å²) in [5, 5.41) is 4.50. The van der Waals surface area contributed by atoms with Crippen LogP contribution < -0.4 is 14.8 Å². The zero-order valence-electron chi connectivity index (χ0n) is 21.2. The highest BCUT2D eigenvalue weighted by molar-refractivity contribution is 6.30. The van der Waals surface area contributed by atoms with Crippen molar-refractivity contribution in [3.05, 3.63) is 130 Å². The molecule has 5 heteroatoms. The van der Waals surface area contributed by atoms with Gasteiger partial charge in [0.2, 0.25) is 0 Å². The van der Waals surface area contributed by atoms with Crippen molar-refractivity contribution in [2.24, 2.45) is 10.9 Å². The fraction of sp³-hybridized carbons (Fsp3) is 0.182. The zero-order valence-corrected chi connectivity index (χ0v) is 21.9. The largest absolute Gasteiger partial charge is 0.493 e. The van der Waals surface area contributed by atoms with E-state index in [1.54, 1.807) is 7.11 Å². The number of hydrogen-bond donors (Lipinski definition) is 1. The summed E-state index contributed by atoms with van der Waals surface area (Å²) in [6.45, 7) is 0.437. The van der Waals surface area contributed by atoms with Gasteiger partial charge in [-0.3, -0.25) is 4.99 Å². The molecule has 1 N–H and O–H groups in total. The topological polar surface area (TPSA) is 42.8 Å². The number of fused-ring (bicyclic) bond motifs is 3. The monoisotopic (exact) mass is 520 g/mol. The maximum absolute atomic E-state index is 5.97. The summed E-state index contributed by atoms with van der Waals surface area (Å²) >= 11 is 5.97. The van der Waals surface area contributed by atoms with Gasteiger partial charge in [-0.2, -0.15) is 0 Å². The molecule has 6 rings (SSSR count). The molecule has 0 spiro atoms. The number of allylic oxidation sites excluding steroid dienone is 2. The number of hydrogen-bond acceptors (Lipinski definition) is 4. The van der Waals surface area contributed by atoms with Crippen molar-refractivity contribution in [2.45, 2.75) is 25.0 Å². The lowest BCUT2D eigenvalue weighted by Crippen LogP contribution is -2.28. The van der Waals surface area contributed by atoms with Crippen molar-refractivity contribution < 1.29 is 9.47 Å². The number of nitrogens with one attached hydrogen (secondary N) is 1. The van der Waals surface area contributed by atoms with Crippen LogP contribution in [0, 0.1) is 5.92 Å². The van der Waals surface area contributed by atoms with Gasteiger partial charge in [0.15, 0.2) is 11.5 Å². The van der Waals surface area contributed by atoms with E-state index >= 15 is 0 Å². The van der Waals surface area contributed by atoms with E-state index in [2.05, 4.69) is 66.0 Å². The van der Waals surface area contributed by atoms with Crippen LogP contribution in [0.15, 0.2) is 108 Å². The molecule has 4 aromatic rings.